The summed E-state index contributed by atoms with van der Waals surface area (Å²) in [5.41, 5.74) is 7.28. The Morgan fingerprint density at radius 1 is 1.30 bits per heavy atom. The minimum Gasteiger partial charge on any atom is -0.447 e. The van der Waals surface area contributed by atoms with Gasteiger partial charge in [0.15, 0.2) is 5.06 Å². The molecule has 0 spiro atoms. The molecular formula is C18H20N2O2S. The number of nitrogens with two attached hydrogens (primary N) is 1. The molecule has 2 bridgehead atoms. The van der Waals surface area contributed by atoms with Crippen LogP contribution in [0.15, 0.2) is 30.3 Å². The molecule has 1 aliphatic carbocycles. The molecule has 2 aromatic rings. The summed E-state index contributed by atoms with van der Waals surface area (Å²) in [5.74, 6) is 1.42. The second-order valence-corrected chi connectivity index (χ2v) is 7.77. The summed E-state index contributed by atoms with van der Waals surface area (Å²) < 4.78 is 5.97. The van der Waals surface area contributed by atoms with Crippen LogP contribution in [0.25, 0.3) is 0 Å². The van der Waals surface area contributed by atoms with Crippen molar-refractivity contribution in [3.05, 3.63) is 46.3 Å². The minimum absolute atomic E-state index is 0.353. The summed E-state index contributed by atoms with van der Waals surface area (Å²) in [6, 6.07) is 10.3. The highest BCUT2D eigenvalue weighted by molar-refractivity contribution is 7.13. The Morgan fingerprint density at radius 2 is 2.17 bits per heavy atom. The Morgan fingerprint density at radius 3 is 2.78 bits per heavy atom. The van der Waals surface area contributed by atoms with E-state index in [1.54, 1.807) is 11.3 Å². The highest BCUT2D eigenvalue weighted by Gasteiger charge is 2.41. The third kappa shape index (κ3) is 2.75. The third-order valence-electron chi connectivity index (χ3n) is 4.99. The van der Waals surface area contributed by atoms with Crippen LogP contribution in [0.4, 0.5) is 0 Å². The molecule has 1 amide bonds. The summed E-state index contributed by atoms with van der Waals surface area (Å²) in [6.45, 7) is 3.09. The van der Waals surface area contributed by atoms with E-state index in [0.717, 1.165) is 29.3 Å². The Labute approximate surface area is 139 Å². The van der Waals surface area contributed by atoms with E-state index in [0.29, 0.717) is 23.4 Å². The normalized spacial score (nSPS) is 25.7. The van der Waals surface area contributed by atoms with Gasteiger partial charge in [0.2, 0.25) is 5.91 Å². The molecule has 1 saturated heterocycles. The van der Waals surface area contributed by atoms with Gasteiger partial charge in [-0.1, -0.05) is 0 Å². The number of rotatable bonds is 4. The molecule has 3 N–H and O–H groups in total. The number of amides is 1. The zero-order chi connectivity index (χ0) is 16.0. The molecule has 4 nitrogen and oxygen atoms in total. The highest BCUT2D eigenvalue weighted by Crippen LogP contribution is 2.45. The first-order chi connectivity index (χ1) is 11.1. The van der Waals surface area contributed by atoms with Crippen LogP contribution in [0.2, 0.25) is 0 Å². The van der Waals surface area contributed by atoms with E-state index in [4.69, 9.17) is 10.5 Å². The number of hydrogen-bond donors (Lipinski definition) is 2. The van der Waals surface area contributed by atoms with Crippen LogP contribution in [0, 0.1) is 12.8 Å². The molecule has 2 heterocycles. The first-order valence-electron chi connectivity index (χ1n) is 8.01. The highest BCUT2D eigenvalue weighted by atomic mass is 32.1. The van der Waals surface area contributed by atoms with Gasteiger partial charge in [-0.25, -0.2) is 0 Å². The van der Waals surface area contributed by atoms with Crippen molar-refractivity contribution in [3.8, 4) is 10.8 Å². The van der Waals surface area contributed by atoms with Crippen molar-refractivity contribution in [2.45, 2.75) is 31.7 Å². The Kier molecular flexibility index (Phi) is 3.62. The van der Waals surface area contributed by atoms with Crippen LogP contribution in [0.5, 0.6) is 10.8 Å². The lowest BCUT2D eigenvalue weighted by molar-refractivity contribution is 0.0998. The average Bonchev–Trinajstić information content (AvgIpc) is 3.24. The fourth-order valence-electron chi connectivity index (χ4n) is 3.93. The molecule has 4 rings (SSSR count). The average molecular weight is 328 g/mol. The van der Waals surface area contributed by atoms with E-state index in [2.05, 4.69) is 12.2 Å². The molecule has 1 saturated carbocycles. The zero-order valence-corrected chi connectivity index (χ0v) is 13.9. The number of benzene rings is 1. The van der Waals surface area contributed by atoms with Crippen LogP contribution in [0.1, 0.15) is 39.6 Å². The molecule has 3 unspecified atom stereocenters. The smallest absolute Gasteiger partial charge is 0.248 e. The minimum atomic E-state index is -0.353. The van der Waals surface area contributed by atoms with Gasteiger partial charge in [-0.3, -0.25) is 4.79 Å². The van der Waals surface area contributed by atoms with Crippen molar-refractivity contribution in [3.63, 3.8) is 0 Å². The lowest BCUT2D eigenvalue weighted by Gasteiger charge is -2.24. The molecule has 120 valence electrons. The number of primary amides is 1. The van der Waals surface area contributed by atoms with E-state index in [1.807, 2.05) is 30.3 Å². The molecular weight excluding hydrogens is 308 g/mol. The van der Waals surface area contributed by atoms with Crippen LogP contribution in [-0.2, 0) is 0 Å². The van der Waals surface area contributed by atoms with Gasteiger partial charge in [-0.2, -0.15) is 0 Å². The summed E-state index contributed by atoms with van der Waals surface area (Å²) in [7, 11) is 0. The maximum atomic E-state index is 11.8. The first-order valence-corrected chi connectivity index (χ1v) is 8.83. The van der Waals surface area contributed by atoms with Gasteiger partial charge in [0.1, 0.15) is 5.75 Å². The van der Waals surface area contributed by atoms with Gasteiger partial charge in [0.25, 0.3) is 0 Å². The quantitative estimate of drug-likeness (QED) is 0.904. The van der Waals surface area contributed by atoms with Crippen molar-refractivity contribution < 1.29 is 9.53 Å². The molecule has 1 aromatic heterocycles. The molecule has 5 heteroatoms. The number of carbonyl (C=O) groups excluding carboxylic acids is 1. The van der Waals surface area contributed by atoms with E-state index < -0.39 is 0 Å². The van der Waals surface area contributed by atoms with Crippen molar-refractivity contribution in [2.24, 2.45) is 11.7 Å². The number of nitrogens with one attached hydrogen (secondary N) is 1. The maximum Gasteiger partial charge on any atom is 0.248 e. The predicted octanol–water partition coefficient (Wildman–Crippen LogP) is 3.41. The van der Waals surface area contributed by atoms with Crippen molar-refractivity contribution in [1.29, 1.82) is 0 Å². The van der Waals surface area contributed by atoms with E-state index in [1.165, 1.54) is 11.3 Å². The van der Waals surface area contributed by atoms with E-state index in [9.17, 15) is 4.79 Å². The number of thiophene rings is 1. The monoisotopic (exact) mass is 328 g/mol. The van der Waals surface area contributed by atoms with Gasteiger partial charge in [-0.15, -0.1) is 11.3 Å². The number of carbonyl (C=O) groups is 1. The first kappa shape index (κ1) is 14.7. The van der Waals surface area contributed by atoms with Crippen LogP contribution in [0.3, 0.4) is 0 Å². The number of aryl methyl sites for hydroxylation is 1. The Bertz CT molecular complexity index is 755. The molecule has 1 aliphatic heterocycles. The summed E-state index contributed by atoms with van der Waals surface area (Å²) >= 11 is 1.62. The number of hydrogen-bond acceptors (Lipinski definition) is 4. The van der Waals surface area contributed by atoms with Crippen LogP contribution >= 0.6 is 11.3 Å². The molecule has 2 fully saturated rings. The SMILES string of the molecule is Cc1ccc(Oc2ccc(C(N)=O)c(C3CC4CC3CN4)c2)s1. The van der Waals surface area contributed by atoms with E-state index in [-0.39, 0.29) is 5.91 Å². The van der Waals surface area contributed by atoms with Crippen molar-refractivity contribution in [2.75, 3.05) is 6.54 Å². The topological polar surface area (TPSA) is 64.3 Å². The van der Waals surface area contributed by atoms with Crippen LogP contribution < -0.4 is 15.8 Å². The standard InChI is InChI=1S/C18H20N2O2S/c1-10-2-5-17(23-10)22-13-3-4-14(18(19)21)16(8-13)15-7-12-6-11(15)9-20-12/h2-5,8,11-12,15,20H,6-7,9H2,1H3,(H2,19,21). The van der Waals surface area contributed by atoms with Crippen molar-refractivity contribution >= 4 is 17.2 Å². The summed E-state index contributed by atoms with van der Waals surface area (Å²) in [6.07, 6.45) is 2.27. The third-order valence-corrected chi connectivity index (χ3v) is 5.86. The van der Waals surface area contributed by atoms with Crippen LogP contribution in [-0.4, -0.2) is 18.5 Å². The second kappa shape index (κ2) is 5.65. The number of fused-ring (bicyclic) bond motifs is 2. The number of ether oxygens (including phenoxy) is 1. The Hall–Kier alpha value is -1.85. The fourth-order valence-corrected chi connectivity index (χ4v) is 4.66. The predicted molar refractivity (Wildman–Crippen MR) is 91.3 cm³/mol. The Balaban J connectivity index is 1.67. The molecule has 1 aromatic carbocycles. The van der Waals surface area contributed by atoms with Crippen molar-refractivity contribution in [1.82, 2.24) is 5.32 Å². The maximum absolute atomic E-state index is 11.8. The second-order valence-electron chi connectivity index (χ2n) is 6.52. The lowest BCUT2D eigenvalue weighted by atomic mass is 9.85. The van der Waals surface area contributed by atoms with Gasteiger partial charge in [-0.05, 0) is 74.0 Å². The van der Waals surface area contributed by atoms with Gasteiger partial charge in [0, 0.05) is 16.5 Å². The van der Waals surface area contributed by atoms with Gasteiger partial charge >= 0.3 is 0 Å². The molecule has 3 atom stereocenters. The molecule has 2 aliphatic rings. The fraction of sp³-hybridized carbons (Fsp3) is 0.389. The zero-order valence-electron chi connectivity index (χ0n) is 13.0. The summed E-state index contributed by atoms with van der Waals surface area (Å²) in [5, 5.41) is 4.39. The lowest BCUT2D eigenvalue weighted by Crippen LogP contribution is -2.29. The molecule has 0 radical (unpaired) electrons. The van der Waals surface area contributed by atoms with E-state index >= 15 is 0 Å². The van der Waals surface area contributed by atoms with Gasteiger partial charge < -0.3 is 15.8 Å². The largest absolute Gasteiger partial charge is 0.447 e. The summed E-state index contributed by atoms with van der Waals surface area (Å²) in [4.78, 5) is 13.0. The van der Waals surface area contributed by atoms with Gasteiger partial charge in [0.05, 0.1) is 0 Å². The molecule has 23 heavy (non-hydrogen) atoms. The number of piperidine rings is 1.